The second-order valence-electron chi connectivity index (χ2n) is 6.67. The van der Waals surface area contributed by atoms with E-state index in [4.69, 9.17) is 4.98 Å². The molecule has 0 saturated heterocycles. The van der Waals surface area contributed by atoms with E-state index >= 15 is 0 Å². The summed E-state index contributed by atoms with van der Waals surface area (Å²) in [4.78, 5) is 7.19. The average molecular weight is 295 g/mol. The van der Waals surface area contributed by atoms with Crippen molar-refractivity contribution in [3.63, 3.8) is 0 Å². The molecule has 0 aliphatic heterocycles. The summed E-state index contributed by atoms with van der Waals surface area (Å²) < 4.78 is 0. The quantitative estimate of drug-likeness (QED) is 0.862. The number of aromatic nitrogens is 1. The van der Waals surface area contributed by atoms with Gasteiger partial charge in [-0.1, -0.05) is 20.8 Å². The molecule has 0 radical (unpaired) electrons. The number of hydrogen-bond donors (Lipinski definition) is 1. The van der Waals surface area contributed by atoms with Gasteiger partial charge in [0.15, 0.2) is 5.13 Å². The normalized spacial score (nSPS) is 23.2. The number of hydrogen-bond acceptors (Lipinski definition) is 4. The molecule has 0 unspecified atom stereocenters. The minimum atomic E-state index is 0.689. The van der Waals surface area contributed by atoms with Gasteiger partial charge in [-0.2, -0.15) is 0 Å². The smallest absolute Gasteiger partial charge is 0.185 e. The Balaban J connectivity index is 1.84. The zero-order valence-electron chi connectivity index (χ0n) is 13.4. The molecule has 0 amide bonds. The first kappa shape index (κ1) is 15.8. The summed E-state index contributed by atoms with van der Waals surface area (Å²) in [7, 11) is 2.21. The summed E-state index contributed by atoms with van der Waals surface area (Å²) in [5.41, 5.74) is 1.18. The van der Waals surface area contributed by atoms with Gasteiger partial charge in [-0.3, -0.25) is 0 Å². The van der Waals surface area contributed by atoms with Crippen molar-refractivity contribution >= 4 is 16.5 Å². The number of nitrogens with zero attached hydrogens (tertiary/aromatic N) is 2. The van der Waals surface area contributed by atoms with Gasteiger partial charge in [-0.05, 0) is 44.1 Å². The molecule has 1 aromatic rings. The predicted octanol–water partition coefficient (Wildman–Crippen LogP) is 3.90. The molecule has 20 heavy (non-hydrogen) atoms. The SMILES string of the molecule is CC(C)CNCc1csc(N(C)C2CCC(C)CC2)n1. The molecule has 0 atom stereocenters. The number of rotatable bonds is 6. The lowest BCUT2D eigenvalue weighted by Gasteiger charge is -2.33. The van der Waals surface area contributed by atoms with Crippen molar-refractivity contribution in [2.24, 2.45) is 11.8 Å². The van der Waals surface area contributed by atoms with Crippen LogP contribution in [-0.4, -0.2) is 24.6 Å². The molecule has 0 aromatic carbocycles. The third kappa shape index (κ3) is 4.45. The molecule has 1 aliphatic carbocycles. The summed E-state index contributed by atoms with van der Waals surface area (Å²) in [6.45, 7) is 8.79. The van der Waals surface area contributed by atoms with Crippen LogP contribution >= 0.6 is 11.3 Å². The van der Waals surface area contributed by atoms with E-state index in [9.17, 15) is 0 Å². The Kier molecular flexibility index (Phi) is 5.85. The lowest BCUT2D eigenvalue weighted by Crippen LogP contribution is -2.34. The van der Waals surface area contributed by atoms with Crippen LogP contribution in [0.2, 0.25) is 0 Å². The van der Waals surface area contributed by atoms with E-state index in [1.165, 1.54) is 36.5 Å². The van der Waals surface area contributed by atoms with Crippen LogP contribution in [0.25, 0.3) is 0 Å². The Bertz CT molecular complexity index is 394. The fourth-order valence-electron chi connectivity index (χ4n) is 2.81. The predicted molar refractivity (Wildman–Crippen MR) is 88.5 cm³/mol. The van der Waals surface area contributed by atoms with Gasteiger partial charge in [-0.15, -0.1) is 11.3 Å². The van der Waals surface area contributed by atoms with Gasteiger partial charge in [-0.25, -0.2) is 4.98 Å². The Morgan fingerprint density at radius 3 is 2.70 bits per heavy atom. The Hall–Kier alpha value is -0.610. The molecule has 1 fully saturated rings. The van der Waals surface area contributed by atoms with E-state index in [0.29, 0.717) is 12.0 Å². The van der Waals surface area contributed by atoms with Crippen LogP contribution in [-0.2, 0) is 6.54 Å². The monoisotopic (exact) mass is 295 g/mol. The summed E-state index contributed by atoms with van der Waals surface area (Å²) in [6, 6.07) is 0.689. The molecule has 0 spiro atoms. The van der Waals surface area contributed by atoms with Crippen LogP contribution in [0.5, 0.6) is 0 Å². The zero-order valence-corrected chi connectivity index (χ0v) is 14.2. The first-order valence-corrected chi connectivity index (χ1v) is 8.82. The molecule has 0 bridgehead atoms. The molecule has 1 heterocycles. The van der Waals surface area contributed by atoms with Gasteiger partial charge in [0.05, 0.1) is 5.69 Å². The molecule has 3 nitrogen and oxygen atoms in total. The van der Waals surface area contributed by atoms with Crippen LogP contribution < -0.4 is 10.2 Å². The lowest BCUT2D eigenvalue weighted by molar-refractivity contribution is 0.340. The van der Waals surface area contributed by atoms with E-state index in [2.05, 4.69) is 43.4 Å². The van der Waals surface area contributed by atoms with Crippen LogP contribution in [0.15, 0.2) is 5.38 Å². The standard InChI is InChI=1S/C16H29N3S/c1-12(2)9-17-10-14-11-20-16(18-14)19(4)15-7-5-13(3)6-8-15/h11-13,15,17H,5-10H2,1-4H3. The second kappa shape index (κ2) is 7.41. The highest BCUT2D eigenvalue weighted by atomic mass is 32.1. The van der Waals surface area contributed by atoms with Gasteiger partial charge in [0, 0.05) is 25.0 Å². The minimum Gasteiger partial charge on any atom is -0.348 e. The van der Waals surface area contributed by atoms with Crippen molar-refractivity contribution in [3.8, 4) is 0 Å². The van der Waals surface area contributed by atoms with Crippen molar-refractivity contribution < 1.29 is 0 Å². The Labute approximate surface area is 127 Å². The largest absolute Gasteiger partial charge is 0.348 e. The summed E-state index contributed by atoms with van der Waals surface area (Å²) in [5.74, 6) is 1.60. The van der Waals surface area contributed by atoms with E-state index in [0.717, 1.165) is 19.0 Å². The van der Waals surface area contributed by atoms with E-state index in [-0.39, 0.29) is 0 Å². The molecule has 2 rings (SSSR count). The maximum absolute atomic E-state index is 4.78. The summed E-state index contributed by atoms with van der Waals surface area (Å²) in [5, 5.41) is 6.85. The first-order valence-electron chi connectivity index (χ1n) is 7.94. The zero-order chi connectivity index (χ0) is 14.5. The summed E-state index contributed by atoms with van der Waals surface area (Å²) >= 11 is 1.79. The van der Waals surface area contributed by atoms with Crippen molar-refractivity contribution in [3.05, 3.63) is 11.1 Å². The molecule has 1 saturated carbocycles. The fraction of sp³-hybridized carbons (Fsp3) is 0.812. The van der Waals surface area contributed by atoms with Crippen molar-refractivity contribution in [1.82, 2.24) is 10.3 Å². The van der Waals surface area contributed by atoms with Crippen molar-refractivity contribution in [2.75, 3.05) is 18.5 Å². The van der Waals surface area contributed by atoms with Crippen LogP contribution in [0.1, 0.15) is 52.1 Å². The highest BCUT2D eigenvalue weighted by molar-refractivity contribution is 7.13. The van der Waals surface area contributed by atoms with Crippen LogP contribution in [0.4, 0.5) is 5.13 Å². The number of thiazole rings is 1. The molecule has 1 N–H and O–H groups in total. The Morgan fingerprint density at radius 2 is 2.05 bits per heavy atom. The van der Waals surface area contributed by atoms with Gasteiger partial charge in [0.1, 0.15) is 0 Å². The maximum Gasteiger partial charge on any atom is 0.185 e. The Morgan fingerprint density at radius 1 is 1.35 bits per heavy atom. The van der Waals surface area contributed by atoms with Gasteiger partial charge >= 0.3 is 0 Å². The topological polar surface area (TPSA) is 28.2 Å². The number of anilines is 1. The van der Waals surface area contributed by atoms with Crippen LogP contribution in [0.3, 0.4) is 0 Å². The molecule has 1 aliphatic rings. The minimum absolute atomic E-state index is 0.689. The molecular formula is C16H29N3S. The highest BCUT2D eigenvalue weighted by Crippen LogP contribution is 2.30. The van der Waals surface area contributed by atoms with E-state index in [1.54, 1.807) is 11.3 Å². The summed E-state index contributed by atoms with van der Waals surface area (Å²) in [6.07, 6.45) is 5.36. The molecule has 4 heteroatoms. The molecule has 1 aromatic heterocycles. The van der Waals surface area contributed by atoms with Crippen molar-refractivity contribution in [2.45, 2.75) is 59.0 Å². The van der Waals surface area contributed by atoms with Gasteiger partial charge < -0.3 is 10.2 Å². The van der Waals surface area contributed by atoms with Crippen molar-refractivity contribution in [1.29, 1.82) is 0 Å². The van der Waals surface area contributed by atoms with Gasteiger partial charge in [0.2, 0.25) is 0 Å². The lowest BCUT2D eigenvalue weighted by atomic mass is 9.87. The van der Waals surface area contributed by atoms with E-state index < -0.39 is 0 Å². The molecular weight excluding hydrogens is 266 g/mol. The maximum atomic E-state index is 4.78. The first-order chi connectivity index (χ1) is 9.56. The third-order valence-electron chi connectivity index (χ3n) is 4.23. The highest BCUT2D eigenvalue weighted by Gasteiger charge is 2.23. The van der Waals surface area contributed by atoms with E-state index in [1.807, 2.05) is 0 Å². The average Bonchev–Trinajstić information content (AvgIpc) is 2.87. The molecule has 114 valence electrons. The number of nitrogens with one attached hydrogen (secondary N) is 1. The van der Waals surface area contributed by atoms with Crippen LogP contribution in [0, 0.1) is 11.8 Å². The van der Waals surface area contributed by atoms with Gasteiger partial charge in [0.25, 0.3) is 0 Å². The third-order valence-corrected chi connectivity index (χ3v) is 5.21. The fourth-order valence-corrected chi connectivity index (χ4v) is 3.68. The second-order valence-corrected chi connectivity index (χ2v) is 7.51.